The van der Waals surface area contributed by atoms with Crippen LogP contribution < -0.4 is 10.6 Å². The van der Waals surface area contributed by atoms with Crippen molar-refractivity contribution < 1.29 is 9.59 Å². The zero-order valence-corrected chi connectivity index (χ0v) is 21.4. The molecule has 174 valence electrons. The van der Waals surface area contributed by atoms with E-state index in [2.05, 4.69) is 20.6 Å². The standard InChI is InChI=1S/C24H22N4O2S4/c29-21(11-13-31-17-7-3-1-4-8-17)27-23-25-19(15-33-23)20-16-34-24(26-20)28-22(30)12-14-32-18-9-5-2-6-10-18/h1-10,15-16H,11-14H2,(H,25,27,29)(H,26,28,30). The quantitative estimate of drug-likeness (QED) is 0.217. The van der Waals surface area contributed by atoms with Gasteiger partial charge in [0, 0.05) is 44.9 Å². The van der Waals surface area contributed by atoms with E-state index in [0.29, 0.717) is 46.0 Å². The second-order valence-electron chi connectivity index (χ2n) is 7.00. The SMILES string of the molecule is O=C(CCSc1ccccc1)Nc1nc(-c2csc(NC(=O)CCSc3ccccc3)n2)cs1. The summed E-state index contributed by atoms with van der Waals surface area (Å²) in [5.74, 6) is 1.27. The molecule has 0 aliphatic heterocycles. The van der Waals surface area contributed by atoms with Crippen molar-refractivity contribution in [2.45, 2.75) is 22.6 Å². The minimum absolute atomic E-state index is 0.0658. The number of hydrogen-bond acceptors (Lipinski definition) is 8. The fraction of sp³-hybridized carbons (Fsp3) is 0.167. The molecule has 0 fully saturated rings. The molecule has 6 nitrogen and oxygen atoms in total. The Morgan fingerprint density at radius 3 is 1.50 bits per heavy atom. The summed E-state index contributed by atoms with van der Waals surface area (Å²) in [7, 11) is 0. The number of thiazole rings is 2. The minimum atomic E-state index is -0.0658. The average Bonchev–Trinajstić information content (AvgIpc) is 3.50. The van der Waals surface area contributed by atoms with Crippen LogP contribution in [0.2, 0.25) is 0 Å². The smallest absolute Gasteiger partial charge is 0.226 e. The number of rotatable bonds is 11. The Labute approximate surface area is 214 Å². The molecule has 10 heteroatoms. The number of nitrogens with one attached hydrogen (secondary N) is 2. The van der Waals surface area contributed by atoms with Crippen molar-refractivity contribution in [3.05, 3.63) is 71.4 Å². The molecule has 2 N–H and O–H groups in total. The number of amides is 2. The second kappa shape index (κ2) is 12.7. The van der Waals surface area contributed by atoms with E-state index in [4.69, 9.17) is 0 Å². The van der Waals surface area contributed by atoms with E-state index in [1.54, 1.807) is 23.5 Å². The molecule has 2 heterocycles. The van der Waals surface area contributed by atoms with Crippen LogP contribution in [-0.2, 0) is 9.59 Å². The Hall–Kier alpha value is -2.66. The van der Waals surface area contributed by atoms with Crippen LogP contribution >= 0.6 is 46.2 Å². The van der Waals surface area contributed by atoms with Gasteiger partial charge >= 0.3 is 0 Å². The molecular formula is C24H22N4O2S4. The lowest BCUT2D eigenvalue weighted by Crippen LogP contribution is -2.12. The van der Waals surface area contributed by atoms with Gasteiger partial charge in [0.15, 0.2) is 10.3 Å². The van der Waals surface area contributed by atoms with Crippen molar-refractivity contribution >= 4 is 68.3 Å². The molecular weight excluding hydrogens is 505 g/mol. The highest BCUT2D eigenvalue weighted by atomic mass is 32.2. The van der Waals surface area contributed by atoms with Crippen LogP contribution in [0.3, 0.4) is 0 Å². The van der Waals surface area contributed by atoms with Gasteiger partial charge in [0.05, 0.1) is 0 Å². The van der Waals surface area contributed by atoms with Crippen LogP contribution in [0.15, 0.2) is 81.2 Å². The van der Waals surface area contributed by atoms with Gasteiger partial charge in [-0.1, -0.05) is 36.4 Å². The predicted octanol–water partition coefficient (Wildman–Crippen LogP) is 6.51. The molecule has 0 saturated carbocycles. The molecule has 0 aliphatic carbocycles. The molecule has 0 radical (unpaired) electrons. The molecule has 2 aromatic carbocycles. The van der Waals surface area contributed by atoms with Gasteiger partial charge in [0.2, 0.25) is 11.8 Å². The van der Waals surface area contributed by atoms with Crippen LogP contribution in [0.1, 0.15) is 12.8 Å². The lowest BCUT2D eigenvalue weighted by Gasteiger charge is -2.02. The van der Waals surface area contributed by atoms with E-state index in [0.717, 1.165) is 9.79 Å². The molecule has 0 saturated heterocycles. The number of thioether (sulfide) groups is 2. The highest BCUT2D eigenvalue weighted by Crippen LogP contribution is 2.28. The Balaban J connectivity index is 1.21. The Bertz CT molecular complexity index is 1120. The van der Waals surface area contributed by atoms with Crippen LogP contribution in [-0.4, -0.2) is 33.3 Å². The Kier molecular flexibility index (Phi) is 9.14. The number of carbonyl (C=O) groups excluding carboxylic acids is 2. The third-order valence-corrected chi connectivity index (χ3v) is 7.99. The van der Waals surface area contributed by atoms with E-state index in [1.807, 2.05) is 71.4 Å². The largest absolute Gasteiger partial charge is 0.302 e. The third-order valence-electron chi connectivity index (χ3n) is 4.45. The van der Waals surface area contributed by atoms with Crippen molar-refractivity contribution in [1.82, 2.24) is 9.97 Å². The average molecular weight is 527 g/mol. The zero-order valence-electron chi connectivity index (χ0n) is 18.1. The number of hydrogen-bond donors (Lipinski definition) is 2. The van der Waals surface area contributed by atoms with Gasteiger partial charge in [0.1, 0.15) is 11.4 Å². The highest BCUT2D eigenvalue weighted by Gasteiger charge is 2.12. The van der Waals surface area contributed by atoms with Gasteiger partial charge in [-0.3, -0.25) is 9.59 Å². The Morgan fingerprint density at radius 1 is 0.676 bits per heavy atom. The number of nitrogens with zero attached hydrogens (tertiary/aromatic N) is 2. The van der Waals surface area contributed by atoms with Gasteiger partial charge in [-0.2, -0.15) is 0 Å². The first-order valence-corrected chi connectivity index (χ1v) is 14.3. The third kappa shape index (κ3) is 7.69. The normalized spacial score (nSPS) is 10.7. The molecule has 0 atom stereocenters. The van der Waals surface area contributed by atoms with Crippen molar-refractivity contribution in [3.8, 4) is 11.4 Å². The van der Waals surface area contributed by atoms with E-state index >= 15 is 0 Å². The summed E-state index contributed by atoms with van der Waals surface area (Å²) in [5.41, 5.74) is 1.35. The van der Waals surface area contributed by atoms with Crippen molar-refractivity contribution in [2.75, 3.05) is 22.1 Å². The topological polar surface area (TPSA) is 84.0 Å². The molecule has 0 aliphatic rings. The van der Waals surface area contributed by atoms with Crippen molar-refractivity contribution in [3.63, 3.8) is 0 Å². The summed E-state index contributed by atoms with van der Waals surface area (Å²) in [5, 5.41) is 10.5. The van der Waals surface area contributed by atoms with Crippen LogP contribution in [0.25, 0.3) is 11.4 Å². The number of benzene rings is 2. The highest BCUT2D eigenvalue weighted by molar-refractivity contribution is 7.99. The molecule has 0 unspecified atom stereocenters. The maximum Gasteiger partial charge on any atom is 0.226 e. The summed E-state index contributed by atoms with van der Waals surface area (Å²) < 4.78 is 0. The van der Waals surface area contributed by atoms with Crippen molar-refractivity contribution in [1.29, 1.82) is 0 Å². The zero-order chi connectivity index (χ0) is 23.6. The number of carbonyl (C=O) groups is 2. The van der Waals surface area contributed by atoms with E-state index in [9.17, 15) is 9.59 Å². The monoisotopic (exact) mass is 526 g/mol. The van der Waals surface area contributed by atoms with Crippen LogP contribution in [0.4, 0.5) is 10.3 Å². The van der Waals surface area contributed by atoms with Crippen LogP contribution in [0, 0.1) is 0 Å². The van der Waals surface area contributed by atoms with Crippen molar-refractivity contribution in [2.24, 2.45) is 0 Å². The predicted molar refractivity (Wildman–Crippen MR) is 144 cm³/mol. The minimum Gasteiger partial charge on any atom is -0.302 e. The summed E-state index contributed by atoms with van der Waals surface area (Å²) in [4.78, 5) is 35.7. The molecule has 2 amide bonds. The van der Waals surface area contributed by atoms with E-state index < -0.39 is 0 Å². The summed E-state index contributed by atoms with van der Waals surface area (Å²) in [6, 6.07) is 20.0. The molecule has 4 rings (SSSR count). The fourth-order valence-electron chi connectivity index (χ4n) is 2.82. The van der Waals surface area contributed by atoms with E-state index in [1.165, 1.54) is 22.7 Å². The molecule has 2 aromatic heterocycles. The second-order valence-corrected chi connectivity index (χ2v) is 11.0. The number of anilines is 2. The first-order valence-electron chi connectivity index (χ1n) is 10.5. The maximum atomic E-state index is 12.2. The summed E-state index contributed by atoms with van der Waals surface area (Å²) >= 11 is 6.02. The fourth-order valence-corrected chi connectivity index (χ4v) is 6.00. The summed E-state index contributed by atoms with van der Waals surface area (Å²) in [6.45, 7) is 0. The lowest BCUT2D eigenvalue weighted by molar-refractivity contribution is -0.116. The van der Waals surface area contributed by atoms with Gasteiger partial charge in [-0.25, -0.2) is 9.97 Å². The molecule has 0 bridgehead atoms. The molecule has 4 aromatic rings. The van der Waals surface area contributed by atoms with Gasteiger partial charge in [-0.05, 0) is 24.3 Å². The van der Waals surface area contributed by atoms with E-state index in [-0.39, 0.29) is 11.8 Å². The molecule has 34 heavy (non-hydrogen) atoms. The van der Waals surface area contributed by atoms with Crippen LogP contribution in [0.5, 0.6) is 0 Å². The lowest BCUT2D eigenvalue weighted by atomic mass is 10.4. The first kappa shape index (κ1) is 24.5. The van der Waals surface area contributed by atoms with Gasteiger partial charge < -0.3 is 10.6 Å². The molecule has 0 spiro atoms. The first-order chi connectivity index (χ1) is 16.7. The van der Waals surface area contributed by atoms with Gasteiger partial charge in [0.25, 0.3) is 0 Å². The maximum absolute atomic E-state index is 12.2. The Morgan fingerprint density at radius 2 is 1.09 bits per heavy atom. The van der Waals surface area contributed by atoms with Gasteiger partial charge in [-0.15, -0.1) is 46.2 Å². The number of aromatic nitrogens is 2. The summed E-state index contributed by atoms with van der Waals surface area (Å²) in [6.07, 6.45) is 0.813.